The standard InChI is InChI=1S/C8H13N3O/c1-5-3-4-6(2)7(5)8(12)10-11-9/h5-7H,3-4H2,1-2H3/t5-,6-/m0/s1. The molecule has 0 spiro atoms. The first-order valence-electron chi connectivity index (χ1n) is 4.25. The molecule has 0 heterocycles. The first kappa shape index (κ1) is 9.07. The van der Waals surface area contributed by atoms with Gasteiger partial charge in [-0.25, -0.2) is 0 Å². The fraction of sp³-hybridized carbons (Fsp3) is 0.875. The van der Waals surface area contributed by atoms with Crippen LogP contribution in [-0.2, 0) is 4.79 Å². The van der Waals surface area contributed by atoms with Gasteiger partial charge in [-0.05, 0) is 35.3 Å². The molecular formula is C8H13N3O. The Morgan fingerprint density at radius 3 is 2.33 bits per heavy atom. The molecule has 0 saturated heterocycles. The number of rotatable bonds is 1. The van der Waals surface area contributed by atoms with Crippen molar-refractivity contribution in [3.8, 4) is 0 Å². The summed E-state index contributed by atoms with van der Waals surface area (Å²) in [6, 6.07) is 0. The van der Waals surface area contributed by atoms with Gasteiger partial charge in [-0.1, -0.05) is 13.8 Å². The second kappa shape index (κ2) is 3.59. The number of carbonyl (C=O) groups excluding carboxylic acids is 1. The summed E-state index contributed by atoms with van der Waals surface area (Å²) < 4.78 is 0. The van der Waals surface area contributed by atoms with Crippen LogP contribution in [0.15, 0.2) is 5.11 Å². The van der Waals surface area contributed by atoms with E-state index < -0.39 is 0 Å². The lowest BCUT2D eigenvalue weighted by Gasteiger charge is -2.14. The van der Waals surface area contributed by atoms with Crippen molar-refractivity contribution in [3.05, 3.63) is 10.4 Å². The molecule has 4 heteroatoms. The minimum absolute atomic E-state index is 0.0408. The number of carbonyl (C=O) groups is 1. The highest BCUT2D eigenvalue weighted by atomic mass is 16.1. The van der Waals surface area contributed by atoms with Gasteiger partial charge in [0.25, 0.3) is 0 Å². The molecule has 1 aliphatic rings. The Balaban J connectivity index is 2.72. The molecule has 1 fully saturated rings. The maximum absolute atomic E-state index is 11.2. The molecule has 0 radical (unpaired) electrons. The number of nitrogens with zero attached hydrogens (tertiary/aromatic N) is 3. The van der Waals surface area contributed by atoms with Gasteiger partial charge in [0.15, 0.2) is 0 Å². The highest BCUT2D eigenvalue weighted by Gasteiger charge is 2.34. The fourth-order valence-corrected chi connectivity index (χ4v) is 2.04. The molecular weight excluding hydrogens is 154 g/mol. The van der Waals surface area contributed by atoms with E-state index in [-0.39, 0.29) is 11.8 Å². The second-order valence-electron chi connectivity index (χ2n) is 3.59. The molecule has 2 atom stereocenters. The highest BCUT2D eigenvalue weighted by molar-refractivity contribution is 5.80. The second-order valence-corrected chi connectivity index (χ2v) is 3.59. The van der Waals surface area contributed by atoms with Crippen LogP contribution in [0.25, 0.3) is 10.4 Å². The normalized spacial score (nSPS) is 29.8. The van der Waals surface area contributed by atoms with E-state index in [1.165, 1.54) is 0 Å². The zero-order valence-corrected chi connectivity index (χ0v) is 7.40. The Kier molecular flexibility index (Phi) is 2.71. The van der Waals surface area contributed by atoms with Gasteiger partial charge in [0.1, 0.15) is 0 Å². The lowest BCUT2D eigenvalue weighted by Crippen LogP contribution is -2.19. The van der Waals surface area contributed by atoms with E-state index in [1.807, 2.05) is 13.8 Å². The minimum atomic E-state index is -0.282. The molecule has 0 aromatic rings. The van der Waals surface area contributed by atoms with Crippen molar-refractivity contribution in [1.29, 1.82) is 0 Å². The molecule has 1 amide bonds. The summed E-state index contributed by atoms with van der Waals surface area (Å²) in [7, 11) is 0. The highest BCUT2D eigenvalue weighted by Crippen LogP contribution is 2.37. The van der Waals surface area contributed by atoms with Crippen molar-refractivity contribution >= 4 is 5.91 Å². The zero-order valence-electron chi connectivity index (χ0n) is 7.40. The molecule has 66 valence electrons. The third kappa shape index (κ3) is 1.59. The summed E-state index contributed by atoms with van der Waals surface area (Å²) >= 11 is 0. The summed E-state index contributed by atoms with van der Waals surface area (Å²) in [5, 5.41) is 3.15. The van der Waals surface area contributed by atoms with Gasteiger partial charge in [0.2, 0.25) is 5.91 Å². The van der Waals surface area contributed by atoms with Gasteiger partial charge in [-0.3, -0.25) is 4.79 Å². The third-order valence-electron chi connectivity index (χ3n) is 2.73. The van der Waals surface area contributed by atoms with Crippen LogP contribution in [0.2, 0.25) is 0 Å². The Hall–Kier alpha value is -1.02. The molecule has 1 rings (SSSR count). The van der Waals surface area contributed by atoms with Gasteiger partial charge in [-0.2, -0.15) is 0 Å². The van der Waals surface area contributed by atoms with E-state index in [2.05, 4.69) is 10.0 Å². The van der Waals surface area contributed by atoms with Crippen LogP contribution in [-0.4, -0.2) is 5.91 Å². The van der Waals surface area contributed by atoms with E-state index in [4.69, 9.17) is 5.53 Å². The Labute approximate surface area is 71.6 Å². The van der Waals surface area contributed by atoms with Crippen LogP contribution in [0.3, 0.4) is 0 Å². The van der Waals surface area contributed by atoms with Crippen molar-refractivity contribution in [2.24, 2.45) is 22.9 Å². The Morgan fingerprint density at radius 1 is 1.42 bits per heavy atom. The predicted molar refractivity (Wildman–Crippen MR) is 45.2 cm³/mol. The van der Waals surface area contributed by atoms with Crippen LogP contribution in [0.1, 0.15) is 26.7 Å². The van der Waals surface area contributed by atoms with Crippen LogP contribution in [0.5, 0.6) is 0 Å². The van der Waals surface area contributed by atoms with Crippen molar-refractivity contribution in [2.45, 2.75) is 26.7 Å². The first-order valence-corrected chi connectivity index (χ1v) is 4.25. The molecule has 0 N–H and O–H groups in total. The monoisotopic (exact) mass is 167 g/mol. The van der Waals surface area contributed by atoms with Crippen LogP contribution in [0, 0.1) is 17.8 Å². The molecule has 4 nitrogen and oxygen atoms in total. The first-order chi connectivity index (χ1) is 5.66. The Bertz CT molecular complexity index is 222. The Morgan fingerprint density at radius 2 is 1.92 bits per heavy atom. The summed E-state index contributed by atoms with van der Waals surface area (Å²) in [5.74, 6) is 0.423. The molecule has 0 aromatic heterocycles. The third-order valence-corrected chi connectivity index (χ3v) is 2.73. The number of hydrogen-bond donors (Lipinski definition) is 0. The quantitative estimate of drug-likeness (QED) is 0.336. The number of hydrogen-bond acceptors (Lipinski definition) is 1. The van der Waals surface area contributed by atoms with Gasteiger partial charge in [0, 0.05) is 10.8 Å². The topological polar surface area (TPSA) is 65.8 Å². The van der Waals surface area contributed by atoms with Crippen LogP contribution >= 0.6 is 0 Å². The van der Waals surface area contributed by atoms with Gasteiger partial charge in [0.05, 0.1) is 0 Å². The van der Waals surface area contributed by atoms with Crippen LogP contribution < -0.4 is 0 Å². The molecule has 0 aromatic carbocycles. The number of azide groups is 1. The van der Waals surface area contributed by atoms with E-state index in [0.717, 1.165) is 12.8 Å². The van der Waals surface area contributed by atoms with E-state index in [0.29, 0.717) is 11.8 Å². The maximum atomic E-state index is 11.2. The van der Waals surface area contributed by atoms with Crippen molar-refractivity contribution in [1.82, 2.24) is 0 Å². The smallest absolute Gasteiger partial charge is 0.222 e. The van der Waals surface area contributed by atoms with Gasteiger partial charge >= 0.3 is 0 Å². The van der Waals surface area contributed by atoms with E-state index in [9.17, 15) is 4.79 Å². The average Bonchev–Trinajstić information content (AvgIpc) is 2.32. The maximum Gasteiger partial charge on any atom is 0.222 e. The van der Waals surface area contributed by atoms with Crippen LogP contribution in [0.4, 0.5) is 0 Å². The largest absolute Gasteiger partial charge is 0.292 e. The zero-order chi connectivity index (χ0) is 9.14. The fourth-order valence-electron chi connectivity index (χ4n) is 2.04. The molecule has 1 saturated carbocycles. The van der Waals surface area contributed by atoms with Crippen molar-refractivity contribution in [3.63, 3.8) is 0 Å². The van der Waals surface area contributed by atoms with Gasteiger partial charge < -0.3 is 0 Å². The average molecular weight is 167 g/mol. The van der Waals surface area contributed by atoms with Gasteiger partial charge in [-0.15, -0.1) is 0 Å². The molecule has 12 heavy (non-hydrogen) atoms. The summed E-state index contributed by atoms with van der Waals surface area (Å²) in [5.41, 5.74) is 8.11. The number of amides is 1. The molecule has 1 aliphatic carbocycles. The van der Waals surface area contributed by atoms with Crippen molar-refractivity contribution in [2.75, 3.05) is 0 Å². The molecule has 0 aliphatic heterocycles. The molecule has 0 unspecified atom stereocenters. The lowest BCUT2D eigenvalue weighted by molar-refractivity contribution is -0.123. The lowest BCUT2D eigenvalue weighted by atomic mass is 9.91. The SMILES string of the molecule is C[C@H]1CC[C@H](C)C1C(=O)N=[N+]=[N-]. The summed E-state index contributed by atoms with van der Waals surface area (Å²) in [6.45, 7) is 4.08. The molecule has 0 bridgehead atoms. The van der Waals surface area contributed by atoms with Crippen molar-refractivity contribution < 1.29 is 4.79 Å². The summed E-state index contributed by atoms with van der Waals surface area (Å²) in [4.78, 5) is 13.8. The van der Waals surface area contributed by atoms with E-state index in [1.54, 1.807) is 0 Å². The predicted octanol–water partition coefficient (Wildman–Crippen LogP) is 2.51. The van der Waals surface area contributed by atoms with E-state index >= 15 is 0 Å². The minimum Gasteiger partial charge on any atom is -0.292 e. The summed E-state index contributed by atoms with van der Waals surface area (Å²) in [6.07, 6.45) is 2.14.